The SMILES string of the molecule is COC(=O)Cc1cc(C)oc1C. The minimum absolute atomic E-state index is 0.237. The first-order valence-electron chi connectivity index (χ1n) is 3.76. The molecule has 0 aliphatic carbocycles. The molecule has 0 amide bonds. The third kappa shape index (κ3) is 1.87. The summed E-state index contributed by atoms with van der Waals surface area (Å²) in [6.45, 7) is 3.69. The second-order valence-corrected chi connectivity index (χ2v) is 2.69. The maximum atomic E-state index is 10.9. The van der Waals surface area contributed by atoms with Crippen LogP contribution in [0.25, 0.3) is 0 Å². The van der Waals surface area contributed by atoms with Crippen LogP contribution in [-0.2, 0) is 16.0 Å². The Bertz CT molecular complexity index is 286. The van der Waals surface area contributed by atoms with Crippen molar-refractivity contribution < 1.29 is 13.9 Å². The number of furan rings is 1. The van der Waals surface area contributed by atoms with E-state index >= 15 is 0 Å². The van der Waals surface area contributed by atoms with E-state index in [-0.39, 0.29) is 5.97 Å². The zero-order valence-corrected chi connectivity index (χ0v) is 7.51. The summed E-state index contributed by atoms with van der Waals surface area (Å²) in [6, 6.07) is 1.85. The predicted octanol–water partition coefficient (Wildman–Crippen LogP) is 1.61. The number of rotatable bonds is 2. The van der Waals surface area contributed by atoms with E-state index in [2.05, 4.69) is 4.74 Å². The zero-order valence-electron chi connectivity index (χ0n) is 7.51. The lowest BCUT2D eigenvalue weighted by Gasteiger charge is -1.95. The number of ether oxygens (including phenoxy) is 1. The lowest BCUT2D eigenvalue weighted by molar-refractivity contribution is -0.139. The normalized spacial score (nSPS) is 9.92. The molecule has 0 radical (unpaired) electrons. The summed E-state index contributed by atoms with van der Waals surface area (Å²) >= 11 is 0. The molecule has 0 bridgehead atoms. The van der Waals surface area contributed by atoms with Crippen LogP contribution in [0.5, 0.6) is 0 Å². The van der Waals surface area contributed by atoms with Crippen LogP contribution in [0.4, 0.5) is 0 Å². The fraction of sp³-hybridized carbons (Fsp3) is 0.444. The Balaban J connectivity index is 2.75. The van der Waals surface area contributed by atoms with Gasteiger partial charge in [0, 0.05) is 5.56 Å². The van der Waals surface area contributed by atoms with E-state index in [4.69, 9.17) is 4.42 Å². The minimum atomic E-state index is -0.237. The number of methoxy groups -OCH3 is 1. The van der Waals surface area contributed by atoms with Crippen molar-refractivity contribution in [1.82, 2.24) is 0 Å². The lowest BCUT2D eigenvalue weighted by Crippen LogP contribution is -2.04. The lowest BCUT2D eigenvalue weighted by atomic mass is 10.2. The van der Waals surface area contributed by atoms with E-state index in [1.165, 1.54) is 7.11 Å². The van der Waals surface area contributed by atoms with E-state index < -0.39 is 0 Å². The molecule has 3 heteroatoms. The van der Waals surface area contributed by atoms with Gasteiger partial charge in [0.25, 0.3) is 0 Å². The molecule has 1 heterocycles. The first kappa shape index (κ1) is 8.84. The summed E-state index contributed by atoms with van der Waals surface area (Å²) in [4.78, 5) is 10.9. The highest BCUT2D eigenvalue weighted by Crippen LogP contribution is 2.14. The Hall–Kier alpha value is -1.25. The molecule has 0 aromatic carbocycles. The van der Waals surface area contributed by atoms with Crippen LogP contribution in [0.15, 0.2) is 10.5 Å². The smallest absolute Gasteiger partial charge is 0.310 e. The molecule has 1 aromatic heterocycles. The van der Waals surface area contributed by atoms with Gasteiger partial charge >= 0.3 is 5.97 Å². The monoisotopic (exact) mass is 168 g/mol. The first-order valence-corrected chi connectivity index (χ1v) is 3.76. The van der Waals surface area contributed by atoms with Crippen LogP contribution in [-0.4, -0.2) is 13.1 Å². The van der Waals surface area contributed by atoms with Crippen LogP contribution in [0, 0.1) is 13.8 Å². The van der Waals surface area contributed by atoms with Crippen LogP contribution in [0.3, 0.4) is 0 Å². The molecule has 1 aromatic rings. The van der Waals surface area contributed by atoms with Gasteiger partial charge < -0.3 is 9.15 Å². The Kier molecular flexibility index (Phi) is 2.53. The number of esters is 1. The Labute approximate surface area is 71.3 Å². The molecule has 0 saturated carbocycles. The van der Waals surface area contributed by atoms with Crippen LogP contribution < -0.4 is 0 Å². The van der Waals surface area contributed by atoms with E-state index in [0.29, 0.717) is 6.42 Å². The summed E-state index contributed by atoms with van der Waals surface area (Å²) in [7, 11) is 1.38. The average Bonchev–Trinajstić information content (AvgIpc) is 2.30. The van der Waals surface area contributed by atoms with Gasteiger partial charge in [0.05, 0.1) is 13.5 Å². The molecule has 3 nitrogen and oxygen atoms in total. The molecule has 66 valence electrons. The summed E-state index contributed by atoms with van der Waals surface area (Å²) in [5.41, 5.74) is 0.902. The highest BCUT2D eigenvalue weighted by molar-refractivity contribution is 5.72. The molecule has 0 atom stereocenters. The number of hydrogen-bond acceptors (Lipinski definition) is 3. The molecule has 0 unspecified atom stereocenters. The predicted molar refractivity (Wildman–Crippen MR) is 43.9 cm³/mol. The summed E-state index contributed by atoms with van der Waals surface area (Å²) in [6.07, 6.45) is 0.291. The molecule has 12 heavy (non-hydrogen) atoms. The molecule has 0 fully saturated rings. The fourth-order valence-corrected chi connectivity index (χ4v) is 1.09. The highest BCUT2D eigenvalue weighted by Gasteiger charge is 2.09. The highest BCUT2D eigenvalue weighted by atomic mass is 16.5. The van der Waals surface area contributed by atoms with Crippen molar-refractivity contribution in [3.63, 3.8) is 0 Å². The van der Waals surface area contributed by atoms with Gasteiger partial charge in [0.2, 0.25) is 0 Å². The topological polar surface area (TPSA) is 39.4 Å². The van der Waals surface area contributed by atoms with E-state index in [1.54, 1.807) is 0 Å². The molecule has 1 rings (SSSR count). The first-order chi connectivity index (χ1) is 5.63. The molecule has 0 aliphatic heterocycles. The maximum Gasteiger partial charge on any atom is 0.310 e. The molecular formula is C9H12O3. The van der Waals surface area contributed by atoms with Gasteiger partial charge in [-0.2, -0.15) is 0 Å². The van der Waals surface area contributed by atoms with Crippen molar-refractivity contribution in [2.24, 2.45) is 0 Å². The Morgan fingerprint density at radius 2 is 2.25 bits per heavy atom. The quantitative estimate of drug-likeness (QED) is 0.630. The number of hydrogen-bond donors (Lipinski definition) is 0. The van der Waals surface area contributed by atoms with Crippen molar-refractivity contribution >= 4 is 5.97 Å². The summed E-state index contributed by atoms with van der Waals surface area (Å²) < 4.78 is 9.79. The zero-order chi connectivity index (χ0) is 9.14. The van der Waals surface area contributed by atoms with Gasteiger partial charge in [-0.1, -0.05) is 0 Å². The van der Waals surface area contributed by atoms with Crippen molar-refractivity contribution in [2.45, 2.75) is 20.3 Å². The van der Waals surface area contributed by atoms with Crippen LogP contribution in [0.2, 0.25) is 0 Å². The Morgan fingerprint density at radius 1 is 1.58 bits per heavy atom. The second-order valence-electron chi connectivity index (χ2n) is 2.69. The van der Waals surface area contributed by atoms with Crippen LogP contribution in [0.1, 0.15) is 17.1 Å². The minimum Gasteiger partial charge on any atom is -0.469 e. The molecule has 0 N–H and O–H groups in total. The van der Waals surface area contributed by atoms with Crippen molar-refractivity contribution in [3.05, 3.63) is 23.2 Å². The van der Waals surface area contributed by atoms with Gasteiger partial charge in [0.15, 0.2) is 0 Å². The standard InChI is InChI=1S/C9H12O3/c1-6-4-8(7(2)12-6)5-9(10)11-3/h4H,5H2,1-3H3. The fourth-order valence-electron chi connectivity index (χ4n) is 1.09. The Morgan fingerprint density at radius 3 is 2.67 bits per heavy atom. The van der Waals surface area contributed by atoms with Gasteiger partial charge in [-0.25, -0.2) is 0 Å². The molecule has 0 aliphatic rings. The second kappa shape index (κ2) is 3.43. The van der Waals surface area contributed by atoms with Gasteiger partial charge in [0.1, 0.15) is 11.5 Å². The summed E-state index contributed by atoms with van der Waals surface area (Å²) in [5, 5.41) is 0. The molecule has 0 spiro atoms. The third-order valence-electron chi connectivity index (χ3n) is 1.71. The van der Waals surface area contributed by atoms with Gasteiger partial charge in [-0.15, -0.1) is 0 Å². The van der Waals surface area contributed by atoms with Crippen molar-refractivity contribution in [2.75, 3.05) is 7.11 Å². The largest absolute Gasteiger partial charge is 0.469 e. The van der Waals surface area contributed by atoms with E-state index in [9.17, 15) is 4.79 Å². The van der Waals surface area contributed by atoms with E-state index in [1.807, 2.05) is 19.9 Å². The average molecular weight is 168 g/mol. The van der Waals surface area contributed by atoms with Crippen LogP contribution >= 0.6 is 0 Å². The number of carbonyl (C=O) groups is 1. The number of aryl methyl sites for hydroxylation is 2. The number of carbonyl (C=O) groups excluding carboxylic acids is 1. The maximum absolute atomic E-state index is 10.9. The van der Waals surface area contributed by atoms with E-state index in [0.717, 1.165) is 17.1 Å². The molecule has 0 saturated heterocycles. The molecular weight excluding hydrogens is 156 g/mol. The van der Waals surface area contributed by atoms with Gasteiger partial charge in [-0.3, -0.25) is 4.79 Å². The van der Waals surface area contributed by atoms with Crippen molar-refractivity contribution in [1.29, 1.82) is 0 Å². The van der Waals surface area contributed by atoms with Crippen molar-refractivity contribution in [3.8, 4) is 0 Å². The third-order valence-corrected chi connectivity index (χ3v) is 1.71. The summed E-state index contributed by atoms with van der Waals surface area (Å²) in [5.74, 6) is 1.38. The van der Waals surface area contributed by atoms with Gasteiger partial charge in [-0.05, 0) is 19.9 Å².